The Balaban J connectivity index is 0.954. The lowest BCUT2D eigenvalue weighted by Crippen LogP contribution is -2.76. The van der Waals surface area contributed by atoms with Crippen LogP contribution in [0.5, 0.6) is 11.5 Å². The second-order valence-corrected chi connectivity index (χ2v) is 30.9. The van der Waals surface area contributed by atoms with Crippen molar-refractivity contribution in [1.29, 1.82) is 0 Å². The van der Waals surface area contributed by atoms with Crippen molar-refractivity contribution in [1.82, 2.24) is 28.7 Å². The summed E-state index contributed by atoms with van der Waals surface area (Å²) in [4.78, 5) is 17.2. The van der Waals surface area contributed by atoms with Crippen molar-refractivity contribution in [2.24, 2.45) is 0 Å². The first-order valence-electron chi connectivity index (χ1n) is 30.7. The zero-order valence-electron chi connectivity index (χ0n) is 48.8. The molecule has 0 spiro atoms. The highest BCUT2D eigenvalue weighted by molar-refractivity contribution is 7.21. The number of rotatable bonds is 10. The second kappa shape index (κ2) is 20.6. The monoisotopic (exact) mass is 1180 g/mol. The summed E-state index contributed by atoms with van der Waals surface area (Å²) in [5.41, 5.74) is 8.12. The van der Waals surface area contributed by atoms with Crippen molar-refractivity contribution < 1.29 is 4.74 Å². The van der Waals surface area contributed by atoms with Crippen LogP contribution in [-0.2, 0) is 0 Å². The van der Waals surface area contributed by atoms with E-state index in [0.717, 1.165) is 93.4 Å². The van der Waals surface area contributed by atoms with Gasteiger partial charge in [-0.3, -0.25) is 9.13 Å². The van der Waals surface area contributed by atoms with Crippen LogP contribution in [0.15, 0.2) is 328 Å². The molecular formula is C81H54N6OSi2. The van der Waals surface area contributed by atoms with Crippen LogP contribution in [0.3, 0.4) is 0 Å². The normalized spacial score (nSPS) is 12.8. The number of hydrogen-bond donors (Lipinski definition) is 0. The molecule has 1 aliphatic rings. The number of fused-ring (bicyclic) bond motifs is 12. The minimum Gasteiger partial charge on any atom is -0.458 e. The Bertz CT molecular complexity index is 5450. The molecule has 90 heavy (non-hydrogen) atoms. The van der Waals surface area contributed by atoms with Gasteiger partial charge in [0.1, 0.15) is 11.5 Å². The van der Waals surface area contributed by atoms with E-state index in [4.69, 9.17) is 19.7 Å². The third-order valence-corrected chi connectivity index (χ3v) is 28.4. The average molecular weight is 1180 g/mol. The van der Waals surface area contributed by atoms with Crippen molar-refractivity contribution >= 4 is 123 Å². The molecular weight excluding hydrogens is 1130 g/mol. The first-order chi connectivity index (χ1) is 44.7. The highest BCUT2D eigenvalue weighted by Gasteiger charge is 2.48. The van der Waals surface area contributed by atoms with Gasteiger partial charge in [0.25, 0.3) is 0 Å². The molecule has 4 aromatic heterocycles. The molecule has 13 aromatic carbocycles. The molecule has 0 amide bonds. The van der Waals surface area contributed by atoms with Gasteiger partial charge >= 0.3 is 0 Å². The van der Waals surface area contributed by atoms with Gasteiger partial charge in [-0.25, -0.2) is 0 Å². The molecule has 9 heteroatoms. The highest BCUT2D eigenvalue weighted by Crippen LogP contribution is 2.43. The number of hydrogen-bond acceptors (Lipinski definition) is 4. The molecule has 0 aliphatic carbocycles. The number of nitrogens with zero attached hydrogens (tertiary/aromatic N) is 6. The first kappa shape index (κ1) is 51.7. The van der Waals surface area contributed by atoms with Gasteiger partial charge < -0.3 is 9.30 Å². The van der Waals surface area contributed by atoms with Gasteiger partial charge in [0.05, 0.1) is 33.1 Å². The molecule has 0 bridgehead atoms. The van der Waals surface area contributed by atoms with Crippen molar-refractivity contribution in [2.45, 2.75) is 0 Å². The summed E-state index contributed by atoms with van der Waals surface area (Å²) >= 11 is 0. The van der Waals surface area contributed by atoms with E-state index in [1.54, 1.807) is 0 Å². The van der Waals surface area contributed by atoms with Crippen LogP contribution in [0.1, 0.15) is 0 Å². The van der Waals surface area contributed by atoms with E-state index in [1.165, 1.54) is 36.3 Å². The van der Waals surface area contributed by atoms with Crippen LogP contribution >= 0.6 is 0 Å². The Kier molecular flexibility index (Phi) is 11.8. The van der Waals surface area contributed by atoms with Gasteiger partial charge in [0, 0.05) is 43.6 Å². The maximum absolute atomic E-state index is 7.00. The van der Waals surface area contributed by atoms with E-state index in [9.17, 15) is 0 Å². The SMILES string of the molecule is c1ccc(-n2c3cc([Si](c4ccccc4)(c4ccccc4)c4ccccc4)ccc3c3c2ccc2c4ccccc4n(-c4nc(-c5ccc6c(c5)[Si](c5ccccc5)(c5ccccc5)c5ccccc5O6)nc(-n5c6ccccc6c6ccccc65)n4)c23)cc1. The molecule has 0 atom stereocenters. The summed E-state index contributed by atoms with van der Waals surface area (Å²) < 4.78 is 14.0. The van der Waals surface area contributed by atoms with E-state index in [1.807, 2.05) is 0 Å². The standard InChI is InChI=1S/C81H54N6OSi2/c1-7-27-56(28-8-1)85-71-51-50-66-65-41-21-24-44-70(65)87(78(66)77(71)67-49-48-62(54-72(67)85)89(57-29-9-2-10-30-57,58-31-11-3-12-32-58)59-33-13-4-14-34-59)81-83-79(82-80(84-81)86-68-42-22-19-39-63(68)64-40-20-23-43-69(64)86)55-47-52-74-76(53-55)90(60-35-15-5-16-36-60,61-37-17-6-18-38-61)75-46-26-25-45-73(75)88-74/h1-54H. The van der Waals surface area contributed by atoms with Crippen molar-refractivity contribution in [3.8, 4) is 40.5 Å². The van der Waals surface area contributed by atoms with Crippen LogP contribution in [0.4, 0.5) is 0 Å². The Morgan fingerprint density at radius 1 is 0.300 bits per heavy atom. The van der Waals surface area contributed by atoms with Gasteiger partial charge in [-0.1, -0.05) is 261 Å². The Morgan fingerprint density at radius 3 is 1.36 bits per heavy atom. The fourth-order valence-corrected chi connectivity index (χ4v) is 24.8. The minimum atomic E-state index is -3.08. The van der Waals surface area contributed by atoms with Gasteiger partial charge in [0.2, 0.25) is 11.9 Å². The van der Waals surface area contributed by atoms with Crippen molar-refractivity contribution in [3.05, 3.63) is 328 Å². The molecule has 0 N–H and O–H groups in total. The quantitative estimate of drug-likeness (QED) is 0.101. The fourth-order valence-electron chi connectivity index (χ4n) is 15.1. The van der Waals surface area contributed by atoms with E-state index in [0.29, 0.717) is 17.7 Å². The molecule has 5 heterocycles. The lowest BCUT2D eigenvalue weighted by molar-refractivity contribution is 0.487. The third kappa shape index (κ3) is 7.60. The Labute approximate surface area is 521 Å². The lowest BCUT2D eigenvalue weighted by atomic mass is 10.1. The van der Waals surface area contributed by atoms with E-state index in [-0.39, 0.29) is 0 Å². The molecule has 7 nitrogen and oxygen atoms in total. The molecule has 0 unspecified atom stereocenters. The average Bonchev–Trinajstić information content (AvgIpc) is 1.36. The van der Waals surface area contributed by atoms with Gasteiger partial charge in [0.15, 0.2) is 22.0 Å². The zero-order valence-corrected chi connectivity index (χ0v) is 50.8. The highest BCUT2D eigenvalue weighted by atomic mass is 28.3. The summed E-state index contributed by atoms with van der Waals surface area (Å²) in [5, 5.41) is 16.8. The van der Waals surface area contributed by atoms with Gasteiger partial charge in [-0.2, -0.15) is 15.0 Å². The molecule has 0 radical (unpaired) electrons. The largest absolute Gasteiger partial charge is 0.458 e. The van der Waals surface area contributed by atoms with Gasteiger partial charge in [-0.05, 0) is 108 Å². The summed E-state index contributed by atoms with van der Waals surface area (Å²) in [7, 11) is -6.05. The third-order valence-electron chi connectivity index (χ3n) is 18.8. The summed E-state index contributed by atoms with van der Waals surface area (Å²) in [6.45, 7) is 0. The summed E-state index contributed by atoms with van der Waals surface area (Å²) in [6.07, 6.45) is 0. The molecule has 0 saturated heterocycles. The van der Waals surface area contributed by atoms with Crippen molar-refractivity contribution in [2.75, 3.05) is 0 Å². The van der Waals surface area contributed by atoms with Crippen LogP contribution in [-0.4, -0.2) is 44.8 Å². The number of benzene rings is 13. The second-order valence-electron chi connectivity index (χ2n) is 23.4. The first-order valence-corrected chi connectivity index (χ1v) is 34.7. The molecule has 0 saturated carbocycles. The predicted octanol–water partition coefficient (Wildman–Crippen LogP) is 13.7. The number of ether oxygens (including phenoxy) is 1. The molecule has 1 aliphatic heterocycles. The topological polar surface area (TPSA) is 62.7 Å². The van der Waals surface area contributed by atoms with E-state index < -0.39 is 16.1 Å². The van der Waals surface area contributed by atoms with Gasteiger partial charge in [-0.15, -0.1) is 0 Å². The van der Waals surface area contributed by atoms with Crippen LogP contribution in [0.25, 0.3) is 94.4 Å². The van der Waals surface area contributed by atoms with E-state index in [2.05, 4.69) is 341 Å². The lowest BCUT2D eigenvalue weighted by Gasteiger charge is -2.39. The number of aromatic nitrogens is 6. The summed E-state index contributed by atoms with van der Waals surface area (Å²) in [5.74, 6) is 3.26. The minimum absolute atomic E-state index is 0.505. The predicted molar refractivity (Wildman–Crippen MR) is 376 cm³/mol. The number of para-hydroxylation sites is 5. The van der Waals surface area contributed by atoms with Crippen molar-refractivity contribution in [3.63, 3.8) is 0 Å². The Morgan fingerprint density at radius 2 is 0.767 bits per heavy atom. The molecule has 0 fully saturated rings. The van der Waals surface area contributed by atoms with Crippen LogP contribution in [0.2, 0.25) is 0 Å². The zero-order chi connectivity index (χ0) is 59.3. The smallest absolute Gasteiger partial charge is 0.240 e. The molecule has 422 valence electrons. The van der Waals surface area contributed by atoms with Crippen LogP contribution in [0, 0.1) is 0 Å². The maximum Gasteiger partial charge on any atom is 0.240 e. The van der Waals surface area contributed by atoms with Crippen LogP contribution < -0.4 is 46.2 Å². The molecule has 17 aromatic rings. The summed E-state index contributed by atoms with van der Waals surface area (Å²) in [6, 6.07) is 120. The fraction of sp³-hybridized carbons (Fsp3) is 0. The van der Waals surface area contributed by atoms with E-state index >= 15 is 0 Å². The Hall–Kier alpha value is -11.5. The molecule has 18 rings (SSSR count). The maximum atomic E-state index is 7.00.